The minimum Gasteiger partial charge on any atom is -0.478 e. The maximum Gasteiger partial charge on any atom is 0.331 e. The molecule has 0 fully saturated rings. The minimum atomic E-state index is -1.01. The number of nitrogens with zero attached hydrogens (tertiary/aromatic N) is 1. The molecule has 94 valence electrons. The molecule has 1 atom stereocenters. The molecule has 5 nitrogen and oxygen atoms in total. The smallest absolute Gasteiger partial charge is 0.331 e. The highest BCUT2D eigenvalue weighted by molar-refractivity contribution is 6.14. The first kappa shape index (κ1) is 13.4. The topological polar surface area (TPSA) is 78.8 Å². The summed E-state index contributed by atoms with van der Waals surface area (Å²) in [5.41, 5.74) is -0.607. The van der Waals surface area contributed by atoms with Gasteiger partial charge in [-0.25, -0.2) is 4.79 Å². The summed E-state index contributed by atoms with van der Waals surface area (Å²) in [6, 6.07) is 0. The Labute approximate surface area is 101 Å². The lowest BCUT2D eigenvalue weighted by Gasteiger charge is -2.25. The third kappa shape index (κ3) is 2.38. The number of aliphatic imine (C=N–C) groups is 1. The van der Waals surface area contributed by atoms with Gasteiger partial charge in [0.25, 0.3) is 5.91 Å². The van der Waals surface area contributed by atoms with Gasteiger partial charge in [-0.3, -0.25) is 9.79 Å². The predicted octanol–water partition coefficient (Wildman–Crippen LogP) is 1.35. The quantitative estimate of drug-likeness (QED) is 0.725. The van der Waals surface area contributed by atoms with E-state index < -0.39 is 11.5 Å². The molecular weight excluding hydrogens is 220 g/mol. The van der Waals surface area contributed by atoms with E-state index in [2.05, 4.69) is 10.3 Å². The average molecular weight is 238 g/mol. The number of carboxylic acid groups (broad SMARTS) is 1. The first-order chi connectivity index (χ1) is 7.83. The Bertz CT molecular complexity index is 410. The SMILES string of the molecule is CCC1(C(C)C)N=C(/C=C(/C)C(=O)O)NC1=O. The number of aliphatic carboxylic acids is 1. The molecule has 0 aliphatic carbocycles. The van der Waals surface area contributed by atoms with E-state index in [1.807, 2.05) is 20.8 Å². The lowest BCUT2D eigenvalue weighted by atomic mass is 9.84. The Balaban J connectivity index is 3.08. The molecule has 5 heteroatoms. The molecule has 0 bridgehead atoms. The fraction of sp³-hybridized carbons (Fsp3) is 0.583. The van der Waals surface area contributed by atoms with Crippen molar-refractivity contribution in [2.24, 2.45) is 10.9 Å². The van der Waals surface area contributed by atoms with Gasteiger partial charge in [-0.1, -0.05) is 20.8 Å². The Kier molecular flexibility index (Phi) is 3.70. The van der Waals surface area contributed by atoms with Crippen LogP contribution in [0.2, 0.25) is 0 Å². The molecule has 0 aromatic rings. The van der Waals surface area contributed by atoms with Crippen LogP contribution in [0.4, 0.5) is 0 Å². The van der Waals surface area contributed by atoms with E-state index in [4.69, 9.17) is 5.11 Å². The van der Waals surface area contributed by atoms with Gasteiger partial charge in [0.05, 0.1) is 0 Å². The number of carbonyl (C=O) groups excluding carboxylic acids is 1. The number of carboxylic acids is 1. The minimum absolute atomic E-state index is 0.0727. The third-order valence-corrected chi connectivity index (χ3v) is 3.14. The van der Waals surface area contributed by atoms with Crippen LogP contribution in [0, 0.1) is 5.92 Å². The number of nitrogens with one attached hydrogen (secondary N) is 1. The Morgan fingerprint density at radius 1 is 1.59 bits per heavy atom. The van der Waals surface area contributed by atoms with Crippen LogP contribution in [-0.2, 0) is 9.59 Å². The molecule has 17 heavy (non-hydrogen) atoms. The van der Waals surface area contributed by atoms with Crippen molar-refractivity contribution in [2.45, 2.75) is 39.7 Å². The van der Waals surface area contributed by atoms with E-state index in [1.54, 1.807) is 0 Å². The molecule has 0 aromatic heterocycles. The zero-order chi connectivity index (χ0) is 13.2. The Morgan fingerprint density at radius 3 is 2.53 bits per heavy atom. The van der Waals surface area contributed by atoms with Crippen molar-refractivity contribution in [1.82, 2.24) is 5.32 Å². The molecule has 1 amide bonds. The monoisotopic (exact) mass is 238 g/mol. The molecule has 1 rings (SSSR count). The summed E-state index contributed by atoms with van der Waals surface area (Å²) in [5.74, 6) is -0.756. The summed E-state index contributed by atoms with van der Waals surface area (Å²) >= 11 is 0. The van der Waals surface area contributed by atoms with Crippen LogP contribution in [0.15, 0.2) is 16.6 Å². The summed E-state index contributed by atoms with van der Waals surface area (Å²) in [7, 11) is 0. The second-order valence-electron chi connectivity index (χ2n) is 4.52. The van der Waals surface area contributed by atoms with Gasteiger partial charge >= 0.3 is 5.97 Å². The first-order valence-corrected chi connectivity index (χ1v) is 5.66. The zero-order valence-corrected chi connectivity index (χ0v) is 10.6. The van der Waals surface area contributed by atoms with E-state index in [1.165, 1.54) is 13.0 Å². The van der Waals surface area contributed by atoms with E-state index in [0.29, 0.717) is 12.3 Å². The van der Waals surface area contributed by atoms with Crippen LogP contribution in [0.1, 0.15) is 34.1 Å². The fourth-order valence-corrected chi connectivity index (χ4v) is 1.89. The summed E-state index contributed by atoms with van der Waals surface area (Å²) in [5, 5.41) is 11.4. The molecule has 2 N–H and O–H groups in total. The maximum absolute atomic E-state index is 11.9. The number of hydrogen-bond acceptors (Lipinski definition) is 3. The lowest BCUT2D eigenvalue weighted by molar-refractivity contribution is -0.132. The third-order valence-electron chi connectivity index (χ3n) is 3.14. The molecular formula is C12H18N2O3. The standard InChI is InChI=1S/C12H18N2O3/c1-5-12(7(2)3)11(17)13-9(14-12)6-8(4)10(15)16/h6-7H,5H2,1-4H3,(H,15,16)(H,13,14,17)/b8-6-. The van der Waals surface area contributed by atoms with Crippen LogP contribution in [0.25, 0.3) is 0 Å². The fourth-order valence-electron chi connectivity index (χ4n) is 1.89. The van der Waals surface area contributed by atoms with E-state index in [-0.39, 0.29) is 17.4 Å². The van der Waals surface area contributed by atoms with Gasteiger partial charge < -0.3 is 10.4 Å². The molecule has 0 saturated carbocycles. The summed E-state index contributed by atoms with van der Waals surface area (Å²) in [6.45, 7) is 7.24. The van der Waals surface area contributed by atoms with Crippen molar-refractivity contribution >= 4 is 17.7 Å². The van der Waals surface area contributed by atoms with Crippen molar-refractivity contribution in [1.29, 1.82) is 0 Å². The van der Waals surface area contributed by atoms with Crippen molar-refractivity contribution in [3.05, 3.63) is 11.6 Å². The summed E-state index contributed by atoms with van der Waals surface area (Å²) in [4.78, 5) is 27.0. The molecule has 0 radical (unpaired) electrons. The van der Waals surface area contributed by atoms with E-state index >= 15 is 0 Å². The second kappa shape index (κ2) is 4.69. The number of rotatable bonds is 4. The highest BCUT2D eigenvalue weighted by Crippen LogP contribution is 2.29. The first-order valence-electron chi connectivity index (χ1n) is 5.66. The highest BCUT2D eigenvalue weighted by atomic mass is 16.4. The second-order valence-corrected chi connectivity index (χ2v) is 4.52. The summed E-state index contributed by atoms with van der Waals surface area (Å²) < 4.78 is 0. The largest absolute Gasteiger partial charge is 0.478 e. The van der Waals surface area contributed by atoms with E-state index in [9.17, 15) is 9.59 Å². The van der Waals surface area contributed by atoms with Crippen LogP contribution >= 0.6 is 0 Å². The van der Waals surface area contributed by atoms with Gasteiger partial charge in [-0.05, 0) is 25.3 Å². The molecule has 1 aliphatic heterocycles. The van der Waals surface area contributed by atoms with Crippen LogP contribution in [-0.4, -0.2) is 28.4 Å². The molecule has 1 aliphatic rings. The van der Waals surface area contributed by atoms with Crippen molar-refractivity contribution in [3.8, 4) is 0 Å². The number of carbonyl (C=O) groups is 2. The molecule has 0 spiro atoms. The Morgan fingerprint density at radius 2 is 2.18 bits per heavy atom. The van der Waals surface area contributed by atoms with Crippen LogP contribution in [0.5, 0.6) is 0 Å². The van der Waals surface area contributed by atoms with Gasteiger partial charge in [0.15, 0.2) is 0 Å². The number of amides is 1. The number of amidine groups is 1. The van der Waals surface area contributed by atoms with Crippen LogP contribution < -0.4 is 5.32 Å². The van der Waals surface area contributed by atoms with Crippen LogP contribution in [0.3, 0.4) is 0 Å². The number of hydrogen-bond donors (Lipinski definition) is 2. The Hall–Kier alpha value is -1.65. The molecule has 0 saturated heterocycles. The van der Waals surface area contributed by atoms with E-state index in [0.717, 1.165) is 0 Å². The lowest BCUT2D eigenvalue weighted by Crippen LogP contribution is -2.43. The highest BCUT2D eigenvalue weighted by Gasteiger charge is 2.44. The van der Waals surface area contributed by atoms with Gasteiger partial charge in [0.2, 0.25) is 0 Å². The van der Waals surface area contributed by atoms with Gasteiger partial charge in [-0.2, -0.15) is 0 Å². The van der Waals surface area contributed by atoms with Gasteiger partial charge in [-0.15, -0.1) is 0 Å². The zero-order valence-electron chi connectivity index (χ0n) is 10.6. The van der Waals surface area contributed by atoms with Gasteiger partial charge in [0.1, 0.15) is 11.4 Å². The maximum atomic E-state index is 11.9. The molecule has 1 unspecified atom stereocenters. The van der Waals surface area contributed by atoms with Crippen molar-refractivity contribution in [2.75, 3.05) is 0 Å². The molecule has 1 heterocycles. The summed E-state index contributed by atoms with van der Waals surface area (Å²) in [6.07, 6.45) is 1.99. The van der Waals surface area contributed by atoms with Gasteiger partial charge in [0, 0.05) is 5.57 Å². The predicted molar refractivity (Wildman–Crippen MR) is 64.8 cm³/mol. The van der Waals surface area contributed by atoms with Crippen molar-refractivity contribution in [3.63, 3.8) is 0 Å². The normalized spacial score (nSPS) is 24.9. The molecule has 0 aromatic carbocycles. The average Bonchev–Trinajstić information content (AvgIpc) is 2.55. The van der Waals surface area contributed by atoms with Crippen molar-refractivity contribution < 1.29 is 14.7 Å².